The van der Waals surface area contributed by atoms with Gasteiger partial charge in [-0.3, -0.25) is 4.99 Å². The van der Waals surface area contributed by atoms with E-state index < -0.39 is 5.60 Å². The second-order valence-corrected chi connectivity index (χ2v) is 7.75. The van der Waals surface area contributed by atoms with Gasteiger partial charge in [0.2, 0.25) is 0 Å². The lowest BCUT2D eigenvalue weighted by Gasteiger charge is -2.39. The second-order valence-electron chi connectivity index (χ2n) is 5.12. The number of nitrogens with zero attached hydrogens (tertiary/aromatic N) is 2. The Kier molecular flexibility index (Phi) is 3.92. The fraction of sp³-hybridized carbons (Fsp3) is 0.818. The SMILES string of the molecule is CC(C)(C)OC(=O)N1CC(SC2=NCCS2)C1. The fourth-order valence-electron chi connectivity index (χ4n) is 1.52. The normalized spacial score (nSPS) is 21.1. The van der Waals surface area contributed by atoms with Crippen LogP contribution in [-0.4, -0.2) is 51.6 Å². The lowest BCUT2D eigenvalue weighted by atomic mass is 10.2. The molecule has 2 aliphatic rings. The first-order valence-electron chi connectivity index (χ1n) is 5.76. The molecule has 0 unspecified atom stereocenters. The van der Waals surface area contributed by atoms with E-state index in [-0.39, 0.29) is 6.09 Å². The first-order chi connectivity index (χ1) is 7.94. The minimum absolute atomic E-state index is 0.199. The van der Waals surface area contributed by atoms with Gasteiger partial charge in [0, 0.05) is 24.1 Å². The number of carbonyl (C=O) groups is 1. The van der Waals surface area contributed by atoms with Crippen LogP contribution < -0.4 is 0 Å². The molecule has 0 aromatic heterocycles. The lowest BCUT2D eigenvalue weighted by Crippen LogP contribution is -2.53. The number of carbonyl (C=O) groups excluding carboxylic acids is 1. The van der Waals surface area contributed by atoms with Crippen molar-refractivity contribution in [2.45, 2.75) is 31.6 Å². The van der Waals surface area contributed by atoms with Crippen molar-refractivity contribution in [3.63, 3.8) is 0 Å². The third-order valence-corrected chi connectivity index (χ3v) is 4.69. The van der Waals surface area contributed by atoms with E-state index in [2.05, 4.69) is 4.99 Å². The lowest BCUT2D eigenvalue weighted by molar-refractivity contribution is 0.0144. The van der Waals surface area contributed by atoms with Crippen LogP contribution in [0.25, 0.3) is 0 Å². The number of likely N-dealkylation sites (tertiary alicyclic amines) is 1. The van der Waals surface area contributed by atoms with Gasteiger partial charge in [-0.15, -0.1) is 0 Å². The molecule has 1 saturated heterocycles. The van der Waals surface area contributed by atoms with Crippen molar-refractivity contribution in [1.82, 2.24) is 4.90 Å². The highest BCUT2D eigenvalue weighted by Gasteiger charge is 2.35. The van der Waals surface area contributed by atoms with Crippen molar-refractivity contribution in [3.8, 4) is 0 Å². The summed E-state index contributed by atoms with van der Waals surface area (Å²) in [6, 6.07) is 0. The molecule has 0 radical (unpaired) electrons. The van der Waals surface area contributed by atoms with Crippen molar-refractivity contribution in [2.75, 3.05) is 25.4 Å². The number of aliphatic imine (C=N–C) groups is 1. The van der Waals surface area contributed by atoms with Gasteiger partial charge >= 0.3 is 6.09 Å². The van der Waals surface area contributed by atoms with Gasteiger partial charge in [0.25, 0.3) is 0 Å². The molecule has 0 N–H and O–H groups in total. The van der Waals surface area contributed by atoms with Crippen molar-refractivity contribution in [1.29, 1.82) is 0 Å². The molecule has 96 valence electrons. The van der Waals surface area contributed by atoms with Crippen molar-refractivity contribution < 1.29 is 9.53 Å². The molecule has 0 aliphatic carbocycles. The molecule has 0 bridgehead atoms. The molecule has 0 saturated carbocycles. The topological polar surface area (TPSA) is 41.9 Å². The molecule has 0 spiro atoms. The van der Waals surface area contributed by atoms with E-state index in [4.69, 9.17) is 4.74 Å². The Bertz CT molecular complexity index is 333. The number of amides is 1. The van der Waals surface area contributed by atoms with Gasteiger partial charge in [-0.2, -0.15) is 0 Å². The average molecular weight is 274 g/mol. The van der Waals surface area contributed by atoms with E-state index in [1.54, 1.807) is 16.7 Å². The standard InChI is InChI=1S/C11H18N2O2S2/c1-11(2,3)15-10(14)13-6-8(7-13)17-9-12-4-5-16-9/h8H,4-7H2,1-3H3. The molecule has 2 aliphatic heterocycles. The predicted octanol–water partition coefficient (Wildman–Crippen LogP) is 2.44. The highest BCUT2D eigenvalue weighted by Crippen LogP contribution is 2.31. The van der Waals surface area contributed by atoms with Gasteiger partial charge < -0.3 is 9.64 Å². The Labute approximate surface area is 111 Å². The maximum absolute atomic E-state index is 11.7. The predicted molar refractivity (Wildman–Crippen MR) is 73.9 cm³/mol. The van der Waals surface area contributed by atoms with E-state index in [9.17, 15) is 4.79 Å². The van der Waals surface area contributed by atoms with Gasteiger partial charge in [-0.1, -0.05) is 23.5 Å². The largest absolute Gasteiger partial charge is 0.444 e. The molecule has 17 heavy (non-hydrogen) atoms. The molecular formula is C11H18N2O2S2. The van der Waals surface area contributed by atoms with Gasteiger partial charge in [-0.25, -0.2) is 4.79 Å². The van der Waals surface area contributed by atoms with Gasteiger partial charge in [0.15, 0.2) is 0 Å². The van der Waals surface area contributed by atoms with Crippen LogP contribution in [0.5, 0.6) is 0 Å². The number of thioether (sulfide) groups is 2. The van der Waals surface area contributed by atoms with Crippen LogP contribution in [0.2, 0.25) is 0 Å². The van der Waals surface area contributed by atoms with Crippen LogP contribution in [-0.2, 0) is 4.74 Å². The smallest absolute Gasteiger partial charge is 0.410 e. The van der Waals surface area contributed by atoms with E-state index in [0.29, 0.717) is 5.25 Å². The Morgan fingerprint density at radius 2 is 2.24 bits per heavy atom. The molecule has 2 rings (SSSR count). The van der Waals surface area contributed by atoms with Crippen molar-refractivity contribution >= 4 is 34.0 Å². The van der Waals surface area contributed by atoms with E-state index in [1.165, 1.54) is 4.38 Å². The van der Waals surface area contributed by atoms with Crippen LogP contribution in [0.1, 0.15) is 20.8 Å². The Morgan fingerprint density at radius 1 is 1.53 bits per heavy atom. The second kappa shape index (κ2) is 5.10. The average Bonchev–Trinajstić information content (AvgIpc) is 2.59. The Balaban J connectivity index is 1.69. The summed E-state index contributed by atoms with van der Waals surface area (Å²) < 4.78 is 6.48. The summed E-state index contributed by atoms with van der Waals surface area (Å²) in [4.78, 5) is 17.8. The quantitative estimate of drug-likeness (QED) is 0.736. The number of hydrogen-bond donors (Lipinski definition) is 0. The highest BCUT2D eigenvalue weighted by atomic mass is 32.2. The third-order valence-electron chi connectivity index (χ3n) is 2.32. The summed E-state index contributed by atoms with van der Waals surface area (Å²) in [7, 11) is 0. The summed E-state index contributed by atoms with van der Waals surface area (Å²) in [5.74, 6) is 1.10. The Hall–Kier alpha value is -0.360. The van der Waals surface area contributed by atoms with Crippen LogP contribution >= 0.6 is 23.5 Å². The summed E-state index contributed by atoms with van der Waals surface area (Å²) in [5.41, 5.74) is -0.402. The molecule has 1 amide bonds. The number of rotatable bonds is 1. The zero-order valence-corrected chi connectivity index (χ0v) is 12.1. The molecule has 0 aromatic rings. The van der Waals surface area contributed by atoms with Gasteiger partial charge in [-0.05, 0) is 20.8 Å². The highest BCUT2D eigenvalue weighted by molar-refractivity contribution is 8.39. The summed E-state index contributed by atoms with van der Waals surface area (Å²) in [5, 5.41) is 0.492. The minimum atomic E-state index is -0.402. The maximum atomic E-state index is 11.7. The van der Waals surface area contributed by atoms with Crippen molar-refractivity contribution in [3.05, 3.63) is 0 Å². The van der Waals surface area contributed by atoms with E-state index >= 15 is 0 Å². The Morgan fingerprint density at radius 3 is 2.76 bits per heavy atom. The fourth-order valence-corrected chi connectivity index (χ4v) is 3.95. The first-order valence-corrected chi connectivity index (χ1v) is 7.62. The van der Waals surface area contributed by atoms with Crippen molar-refractivity contribution in [2.24, 2.45) is 4.99 Å². The molecule has 0 atom stereocenters. The number of ether oxygens (including phenoxy) is 1. The van der Waals surface area contributed by atoms with Crippen LogP contribution in [0.3, 0.4) is 0 Å². The van der Waals surface area contributed by atoms with Gasteiger partial charge in [0.05, 0.1) is 6.54 Å². The molecule has 2 heterocycles. The maximum Gasteiger partial charge on any atom is 0.410 e. The molecule has 4 nitrogen and oxygen atoms in total. The molecule has 6 heteroatoms. The van der Waals surface area contributed by atoms with Crippen LogP contribution in [0.4, 0.5) is 4.79 Å². The monoisotopic (exact) mass is 274 g/mol. The zero-order chi connectivity index (χ0) is 12.5. The molecule has 1 fully saturated rings. The minimum Gasteiger partial charge on any atom is -0.444 e. The van der Waals surface area contributed by atoms with Gasteiger partial charge in [0.1, 0.15) is 9.98 Å². The molecular weight excluding hydrogens is 256 g/mol. The summed E-state index contributed by atoms with van der Waals surface area (Å²) in [6.07, 6.45) is -0.199. The van der Waals surface area contributed by atoms with E-state index in [0.717, 1.165) is 25.4 Å². The molecule has 0 aromatic carbocycles. The van der Waals surface area contributed by atoms with Crippen LogP contribution in [0, 0.1) is 0 Å². The first kappa shape index (κ1) is 13.1. The third kappa shape index (κ3) is 3.81. The number of hydrogen-bond acceptors (Lipinski definition) is 5. The van der Waals surface area contributed by atoms with Crippen LogP contribution in [0.15, 0.2) is 4.99 Å². The van der Waals surface area contributed by atoms with E-state index in [1.807, 2.05) is 32.5 Å². The summed E-state index contributed by atoms with van der Waals surface area (Å²) >= 11 is 3.61. The zero-order valence-electron chi connectivity index (χ0n) is 10.4. The summed E-state index contributed by atoms with van der Waals surface area (Å²) in [6.45, 7) is 8.16.